The lowest BCUT2D eigenvalue weighted by atomic mass is 9.99. The maximum Gasteiger partial charge on any atom is 0.123 e. The van der Waals surface area contributed by atoms with E-state index in [-0.39, 0.29) is 11.9 Å². The van der Waals surface area contributed by atoms with Crippen molar-refractivity contribution in [1.29, 1.82) is 0 Å². The van der Waals surface area contributed by atoms with Crippen LogP contribution in [0.25, 0.3) is 0 Å². The highest BCUT2D eigenvalue weighted by molar-refractivity contribution is 5.34. The van der Waals surface area contributed by atoms with Crippen LogP contribution in [0.15, 0.2) is 30.3 Å². The molecule has 2 atom stereocenters. The first-order chi connectivity index (χ1) is 12.4. The lowest BCUT2D eigenvalue weighted by Crippen LogP contribution is -2.25. The molecule has 5 heteroatoms. The summed E-state index contributed by atoms with van der Waals surface area (Å²) in [5, 5.41) is 0. The van der Waals surface area contributed by atoms with E-state index >= 15 is 0 Å². The third-order valence-corrected chi connectivity index (χ3v) is 5.13. The first-order valence-electron chi connectivity index (χ1n) is 9.25. The van der Waals surface area contributed by atoms with E-state index in [0.29, 0.717) is 18.8 Å². The molecule has 0 amide bonds. The Balaban J connectivity index is 1.62. The van der Waals surface area contributed by atoms with Crippen molar-refractivity contribution >= 4 is 5.82 Å². The van der Waals surface area contributed by atoms with Gasteiger partial charge >= 0.3 is 0 Å². The maximum absolute atomic E-state index is 14.0. The Morgan fingerprint density at radius 3 is 2.50 bits per heavy atom. The van der Waals surface area contributed by atoms with Gasteiger partial charge < -0.3 is 10.6 Å². The van der Waals surface area contributed by atoms with Crippen LogP contribution in [-0.2, 0) is 19.3 Å². The first kappa shape index (κ1) is 18.8. The fourth-order valence-corrected chi connectivity index (χ4v) is 3.86. The predicted molar refractivity (Wildman–Crippen MR) is 101 cm³/mol. The molecule has 2 heterocycles. The molecule has 0 bridgehead atoms. The number of nitrogens with two attached hydrogens (primary N) is 1. The minimum absolute atomic E-state index is 0.211. The normalized spacial score (nSPS) is 20.6. The van der Waals surface area contributed by atoms with Gasteiger partial charge in [-0.3, -0.25) is 0 Å². The second-order valence-electron chi connectivity index (χ2n) is 7.49. The molecule has 0 aliphatic carbocycles. The molecule has 1 fully saturated rings. The Hall–Kier alpha value is -2.01. The van der Waals surface area contributed by atoms with Gasteiger partial charge in [0, 0.05) is 18.3 Å². The summed E-state index contributed by atoms with van der Waals surface area (Å²) in [4.78, 5) is 6.41. The van der Waals surface area contributed by atoms with Gasteiger partial charge in [-0.2, -0.15) is 0 Å². The summed E-state index contributed by atoms with van der Waals surface area (Å²) in [5.41, 5.74) is 9.75. The van der Waals surface area contributed by atoms with E-state index in [1.807, 2.05) is 26.1 Å². The van der Waals surface area contributed by atoms with Crippen LogP contribution in [-0.4, -0.2) is 35.7 Å². The highest BCUT2D eigenvalue weighted by atomic mass is 19.1. The summed E-state index contributed by atoms with van der Waals surface area (Å²) in [6.45, 7) is 2.50. The second kappa shape index (κ2) is 8.12. The third-order valence-electron chi connectivity index (χ3n) is 5.13. The summed E-state index contributed by atoms with van der Waals surface area (Å²) >= 11 is 0. The van der Waals surface area contributed by atoms with E-state index in [9.17, 15) is 8.78 Å². The van der Waals surface area contributed by atoms with E-state index in [2.05, 4.69) is 16.0 Å². The van der Waals surface area contributed by atoms with Gasteiger partial charge in [-0.05, 0) is 87.0 Å². The molecule has 0 unspecified atom stereocenters. The molecule has 0 saturated carbocycles. The molecule has 1 aromatic carbocycles. The number of nitrogen functional groups attached to an aromatic ring is 1. The summed E-state index contributed by atoms with van der Waals surface area (Å²) in [6, 6.07) is 9.34. The standard InChI is InChI=1S/C21H27F2N3/c1-14-7-19(25-21(24)8-14)5-3-15-9-16(11-17(22)10-15)4-6-20-12-18(23)13-26(20)2/h7-11,18,20H,3-6,12-13H2,1-2H3,(H2,24,25)/t18-,20+/m0/s1. The molecular weight excluding hydrogens is 332 g/mol. The van der Waals surface area contributed by atoms with Gasteiger partial charge in [0.15, 0.2) is 0 Å². The molecular formula is C21H27F2N3. The van der Waals surface area contributed by atoms with Crippen LogP contribution in [0.3, 0.4) is 0 Å². The quantitative estimate of drug-likeness (QED) is 0.851. The molecule has 0 radical (unpaired) electrons. The molecule has 2 aromatic rings. The van der Waals surface area contributed by atoms with Gasteiger partial charge in [0.2, 0.25) is 0 Å². The number of likely N-dealkylation sites (tertiary alicyclic amines) is 1. The number of pyridine rings is 1. The van der Waals surface area contributed by atoms with Gasteiger partial charge in [-0.25, -0.2) is 13.8 Å². The number of alkyl halides is 1. The Kier molecular flexibility index (Phi) is 5.87. The van der Waals surface area contributed by atoms with Gasteiger partial charge in [0.1, 0.15) is 17.8 Å². The molecule has 3 rings (SSSR count). The van der Waals surface area contributed by atoms with Crippen molar-refractivity contribution < 1.29 is 8.78 Å². The van der Waals surface area contributed by atoms with E-state index in [4.69, 9.17) is 5.73 Å². The molecule has 3 nitrogen and oxygen atoms in total. The maximum atomic E-state index is 14.0. The zero-order valence-corrected chi connectivity index (χ0v) is 15.5. The monoisotopic (exact) mass is 359 g/mol. The molecule has 140 valence electrons. The molecule has 2 N–H and O–H groups in total. The minimum atomic E-state index is -0.734. The summed E-state index contributed by atoms with van der Waals surface area (Å²) < 4.78 is 27.5. The van der Waals surface area contributed by atoms with Crippen molar-refractivity contribution in [2.75, 3.05) is 19.3 Å². The van der Waals surface area contributed by atoms with Crippen LogP contribution in [0.4, 0.5) is 14.6 Å². The zero-order chi connectivity index (χ0) is 18.7. The number of rotatable bonds is 6. The van der Waals surface area contributed by atoms with Crippen molar-refractivity contribution in [3.63, 3.8) is 0 Å². The summed E-state index contributed by atoms with van der Waals surface area (Å²) in [5.74, 6) is 0.309. The smallest absolute Gasteiger partial charge is 0.123 e. The third kappa shape index (κ3) is 5.01. The van der Waals surface area contributed by atoms with Gasteiger partial charge in [0.05, 0.1) is 0 Å². The molecule has 1 aliphatic rings. The lowest BCUT2D eigenvalue weighted by molar-refractivity contribution is 0.285. The number of benzene rings is 1. The first-order valence-corrected chi connectivity index (χ1v) is 9.25. The number of aryl methyl sites for hydroxylation is 4. The minimum Gasteiger partial charge on any atom is -0.384 e. The predicted octanol–water partition coefficient (Wildman–Crippen LogP) is 3.87. The van der Waals surface area contributed by atoms with Crippen LogP contribution in [0.2, 0.25) is 0 Å². The number of anilines is 1. The largest absolute Gasteiger partial charge is 0.384 e. The number of hydrogen-bond acceptors (Lipinski definition) is 3. The number of aromatic nitrogens is 1. The Morgan fingerprint density at radius 2 is 1.85 bits per heavy atom. The van der Waals surface area contributed by atoms with E-state index in [0.717, 1.165) is 48.1 Å². The topological polar surface area (TPSA) is 42.1 Å². The Morgan fingerprint density at radius 1 is 1.12 bits per heavy atom. The second-order valence-corrected chi connectivity index (χ2v) is 7.49. The lowest BCUT2D eigenvalue weighted by Gasteiger charge is -2.18. The molecule has 1 saturated heterocycles. The highest BCUT2D eigenvalue weighted by Gasteiger charge is 2.28. The SMILES string of the molecule is Cc1cc(N)nc(CCc2cc(F)cc(CC[C@@H]3C[C@H](F)CN3C)c2)c1. The molecule has 0 spiro atoms. The highest BCUT2D eigenvalue weighted by Crippen LogP contribution is 2.23. The number of halogens is 2. The Labute approximate surface area is 154 Å². The van der Waals surface area contributed by atoms with E-state index < -0.39 is 6.17 Å². The Bertz CT molecular complexity index is 743. The zero-order valence-electron chi connectivity index (χ0n) is 15.5. The van der Waals surface area contributed by atoms with Crippen molar-refractivity contribution in [1.82, 2.24) is 9.88 Å². The molecule has 1 aromatic heterocycles. The van der Waals surface area contributed by atoms with E-state index in [1.54, 1.807) is 12.1 Å². The number of hydrogen-bond donors (Lipinski definition) is 1. The molecule has 1 aliphatic heterocycles. The van der Waals surface area contributed by atoms with Crippen LogP contribution >= 0.6 is 0 Å². The summed E-state index contributed by atoms with van der Waals surface area (Å²) in [6.07, 6.45) is 2.92. The van der Waals surface area contributed by atoms with Gasteiger partial charge in [0.25, 0.3) is 0 Å². The fraction of sp³-hybridized carbons (Fsp3) is 0.476. The fourth-order valence-electron chi connectivity index (χ4n) is 3.86. The van der Waals surface area contributed by atoms with Crippen LogP contribution in [0, 0.1) is 12.7 Å². The van der Waals surface area contributed by atoms with Crippen molar-refractivity contribution in [2.45, 2.75) is 51.2 Å². The van der Waals surface area contributed by atoms with E-state index in [1.165, 1.54) is 0 Å². The van der Waals surface area contributed by atoms with Crippen molar-refractivity contribution in [2.24, 2.45) is 0 Å². The van der Waals surface area contributed by atoms with Crippen LogP contribution < -0.4 is 5.73 Å². The average molecular weight is 359 g/mol. The van der Waals surface area contributed by atoms with Crippen molar-refractivity contribution in [3.05, 3.63) is 58.5 Å². The molecule has 26 heavy (non-hydrogen) atoms. The summed E-state index contributed by atoms with van der Waals surface area (Å²) in [7, 11) is 1.96. The van der Waals surface area contributed by atoms with Gasteiger partial charge in [-0.15, -0.1) is 0 Å². The number of nitrogens with zero attached hydrogens (tertiary/aromatic N) is 2. The van der Waals surface area contributed by atoms with Crippen LogP contribution in [0.1, 0.15) is 35.2 Å². The average Bonchev–Trinajstić information content (AvgIpc) is 2.87. The van der Waals surface area contributed by atoms with Crippen molar-refractivity contribution in [3.8, 4) is 0 Å². The van der Waals surface area contributed by atoms with Gasteiger partial charge in [-0.1, -0.05) is 6.07 Å². The van der Waals surface area contributed by atoms with Crippen LogP contribution in [0.5, 0.6) is 0 Å².